The first-order valence-corrected chi connectivity index (χ1v) is 6.26. The van der Waals surface area contributed by atoms with E-state index in [1.165, 1.54) is 12.1 Å². The predicted octanol–water partition coefficient (Wildman–Crippen LogP) is 2.86. The molecule has 92 valence electrons. The van der Waals surface area contributed by atoms with Crippen molar-refractivity contribution >= 4 is 16.6 Å². The van der Waals surface area contributed by atoms with Gasteiger partial charge in [-0.05, 0) is 18.8 Å². The average Bonchev–Trinajstić information content (AvgIpc) is 2.82. The first-order chi connectivity index (χ1) is 8.83. The molecule has 0 saturated carbocycles. The maximum atomic E-state index is 4.14. The molecule has 1 aromatic carbocycles. The van der Waals surface area contributed by atoms with E-state index >= 15 is 0 Å². The van der Waals surface area contributed by atoms with E-state index in [1.54, 1.807) is 6.20 Å². The highest BCUT2D eigenvalue weighted by Gasteiger charge is 2.11. The first kappa shape index (κ1) is 11.0. The maximum Gasteiger partial charge on any atom is 0.174 e. The Morgan fingerprint density at radius 1 is 1.22 bits per heavy atom. The van der Waals surface area contributed by atoms with Gasteiger partial charge in [-0.2, -0.15) is 5.10 Å². The first-order valence-electron chi connectivity index (χ1n) is 6.26. The van der Waals surface area contributed by atoms with Crippen LogP contribution < -0.4 is 10.9 Å². The van der Waals surface area contributed by atoms with Crippen LogP contribution in [-0.4, -0.2) is 10.2 Å². The van der Waals surface area contributed by atoms with Gasteiger partial charge in [0.05, 0.1) is 6.20 Å². The lowest BCUT2D eigenvalue weighted by atomic mass is 10.2. The SMILES string of the molecule is CC1C=C(NNc2nncc3ccccc23)CC1. The summed E-state index contributed by atoms with van der Waals surface area (Å²) in [6, 6.07) is 8.08. The molecule has 1 unspecified atom stereocenters. The number of hydrogen-bond donors (Lipinski definition) is 2. The fourth-order valence-electron chi connectivity index (χ4n) is 2.26. The molecular weight excluding hydrogens is 224 g/mol. The summed E-state index contributed by atoms with van der Waals surface area (Å²) in [5.41, 5.74) is 7.62. The summed E-state index contributed by atoms with van der Waals surface area (Å²) in [6.07, 6.45) is 6.33. The number of benzene rings is 1. The molecule has 3 rings (SSSR count). The lowest BCUT2D eigenvalue weighted by Crippen LogP contribution is -2.21. The molecular formula is C14H16N4. The highest BCUT2D eigenvalue weighted by atomic mass is 15.4. The van der Waals surface area contributed by atoms with E-state index in [2.05, 4.69) is 34.0 Å². The number of hydrogen-bond acceptors (Lipinski definition) is 4. The molecule has 1 aliphatic rings. The molecule has 0 fully saturated rings. The summed E-state index contributed by atoms with van der Waals surface area (Å²) in [5.74, 6) is 1.43. The Morgan fingerprint density at radius 2 is 2.11 bits per heavy atom. The summed E-state index contributed by atoms with van der Waals surface area (Å²) < 4.78 is 0. The van der Waals surface area contributed by atoms with Crippen LogP contribution in [0.4, 0.5) is 5.82 Å². The van der Waals surface area contributed by atoms with E-state index in [0.29, 0.717) is 5.92 Å². The molecule has 18 heavy (non-hydrogen) atoms. The van der Waals surface area contributed by atoms with E-state index in [0.717, 1.165) is 23.0 Å². The van der Waals surface area contributed by atoms with Gasteiger partial charge in [-0.15, -0.1) is 5.10 Å². The maximum absolute atomic E-state index is 4.14. The largest absolute Gasteiger partial charge is 0.304 e. The number of allylic oxidation sites excluding steroid dienone is 2. The second kappa shape index (κ2) is 4.64. The molecule has 0 radical (unpaired) electrons. The molecule has 1 heterocycles. The summed E-state index contributed by atoms with van der Waals surface area (Å²) in [7, 11) is 0. The smallest absolute Gasteiger partial charge is 0.174 e. The van der Waals surface area contributed by atoms with Crippen LogP contribution in [0.1, 0.15) is 19.8 Å². The van der Waals surface area contributed by atoms with Crippen molar-refractivity contribution in [2.45, 2.75) is 19.8 Å². The fourth-order valence-corrected chi connectivity index (χ4v) is 2.26. The van der Waals surface area contributed by atoms with Crippen LogP contribution in [0.25, 0.3) is 10.8 Å². The second-order valence-corrected chi connectivity index (χ2v) is 4.74. The van der Waals surface area contributed by atoms with Crippen molar-refractivity contribution < 1.29 is 0 Å². The van der Waals surface area contributed by atoms with Crippen LogP contribution in [0.5, 0.6) is 0 Å². The van der Waals surface area contributed by atoms with Gasteiger partial charge in [0.2, 0.25) is 0 Å². The van der Waals surface area contributed by atoms with Gasteiger partial charge in [-0.3, -0.25) is 5.43 Å². The van der Waals surface area contributed by atoms with E-state index in [-0.39, 0.29) is 0 Å². The second-order valence-electron chi connectivity index (χ2n) is 4.74. The van der Waals surface area contributed by atoms with Gasteiger partial charge in [-0.25, -0.2) is 0 Å². The number of anilines is 1. The molecule has 1 atom stereocenters. The Kier molecular flexibility index (Phi) is 2.84. The Morgan fingerprint density at radius 3 is 2.94 bits per heavy atom. The number of hydrazine groups is 1. The third kappa shape index (κ3) is 2.14. The van der Waals surface area contributed by atoms with Gasteiger partial charge >= 0.3 is 0 Å². The van der Waals surface area contributed by atoms with E-state index in [1.807, 2.05) is 24.3 Å². The number of nitrogens with zero attached hydrogens (tertiary/aromatic N) is 2. The Bertz CT molecular complexity index is 586. The molecule has 4 heteroatoms. The number of rotatable bonds is 3. The van der Waals surface area contributed by atoms with E-state index < -0.39 is 0 Å². The van der Waals surface area contributed by atoms with Crippen LogP contribution >= 0.6 is 0 Å². The quantitative estimate of drug-likeness (QED) is 0.810. The van der Waals surface area contributed by atoms with Crippen molar-refractivity contribution in [3.63, 3.8) is 0 Å². The molecule has 0 bridgehead atoms. The van der Waals surface area contributed by atoms with Crippen molar-refractivity contribution in [2.75, 3.05) is 5.43 Å². The minimum atomic E-state index is 0.660. The highest BCUT2D eigenvalue weighted by Crippen LogP contribution is 2.22. The summed E-state index contributed by atoms with van der Waals surface area (Å²) in [4.78, 5) is 0. The summed E-state index contributed by atoms with van der Waals surface area (Å²) in [6.45, 7) is 2.23. The average molecular weight is 240 g/mol. The minimum absolute atomic E-state index is 0.660. The highest BCUT2D eigenvalue weighted by molar-refractivity contribution is 5.90. The number of fused-ring (bicyclic) bond motifs is 1. The molecule has 1 aliphatic carbocycles. The lowest BCUT2D eigenvalue weighted by molar-refractivity contribution is 0.691. The van der Waals surface area contributed by atoms with Crippen LogP contribution in [0.3, 0.4) is 0 Å². The Balaban J connectivity index is 1.80. The minimum Gasteiger partial charge on any atom is -0.304 e. The standard InChI is InChI=1S/C14H16N4/c1-10-6-7-12(8-10)16-18-14-13-5-3-2-4-11(13)9-15-17-14/h2-5,8-10,16H,6-7H2,1H3,(H,17,18). The predicted molar refractivity (Wildman–Crippen MR) is 72.8 cm³/mol. The van der Waals surface area contributed by atoms with Crippen LogP contribution in [0.2, 0.25) is 0 Å². The van der Waals surface area contributed by atoms with Crippen molar-refractivity contribution in [1.29, 1.82) is 0 Å². The molecule has 4 nitrogen and oxygen atoms in total. The van der Waals surface area contributed by atoms with Crippen molar-refractivity contribution in [2.24, 2.45) is 5.92 Å². The van der Waals surface area contributed by atoms with Gasteiger partial charge in [0.15, 0.2) is 5.82 Å². The van der Waals surface area contributed by atoms with Crippen molar-refractivity contribution in [1.82, 2.24) is 15.6 Å². The van der Waals surface area contributed by atoms with Crippen molar-refractivity contribution in [3.8, 4) is 0 Å². The third-order valence-electron chi connectivity index (χ3n) is 3.27. The van der Waals surface area contributed by atoms with Gasteiger partial charge in [0.25, 0.3) is 0 Å². The molecule has 0 spiro atoms. The molecule has 0 amide bonds. The summed E-state index contributed by atoms with van der Waals surface area (Å²) in [5, 5.41) is 10.3. The Labute approximate surface area is 106 Å². The number of aromatic nitrogens is 2. The monoisotopic (exact) mass is 240 g/mol. The summed E-state index contributed by atoms with van der Waals surface area (Å²) >= 11 is 0. The van der Waals surface area contributed by atoms with Crippen LogP contribution in [0, 0.1) is 5.92 Å². The van der Waals surface area contributed by atoms with Gasteiger partial charge in [-0.1, -0.05) is 37.3 Å². The molecule has 0 aliphatic heterocycles. The molecule has 2 aromatic rings. The number of nitrogens with one attached hydrogen (secondary N) is 2. The molecule has 1 aromatic heterocycles. The topological polar surface area (TPSA) is 49.8 Å². The zero-order valence-corrected chi connectivity index (χ0v) is 10.4. The van der Waals surface area contributed by atoms with E-state index in [4.69, 9.17) is 0 Å². The zero-order chi connectivity index (χ0) is 12.4. The third-order valence-corrected chi connectivity index (χ3v) is 3.27. The molecule has 0 saturated heterocycles. The van der Waals surface area contributed by atoms with Crippen LogP contribution in [-0.2, 0) is 0 Å². The van der Waals surface area contributed by atoms with Crippen LogP contribution in [0.15, 0.2) is 42.2 Å². The Hall–Kier alpha value is -2.10. The normalized spacial score (nSPS) is 18.7. The van der Waals surface area contributed by atoms with E-state index in [9.17, 15) is 0 Å². The lowest BCUT2D eigenvalue weighted by Gasteiger charge is -2.10. The van der Waals surface area contributed by atoms with Gasteiger partial charge in [0.1, 0.15) is 0 Å². The van der Waals surface area contributed by atoms with Gasteiger partial charge in [0, 0.05) is 16.5 Å². The van der Waals surface area contributed by atoms with Gasteiger partial charge < -0.3 is 5.43 Å². The van der Waals surface area contributed by atoms with Crippen molar-refractivity contribution in [3.05, 3.63) is 42.2 Å². The molecule has 2 N–H and O–H groups in total. The zero-order valence-electron chi connectivity index (χ0n) is 10.4. The fraction of sp³-hybridized carbons (Fsp3) is 0.286.